The SMILES string of the molecule is Cc1ccc(F)c2c1N(CCC(=O)Nc1ccc(N3CCOCC3)cc1)CCC2. The fourth-order valence-corrected chi connectivity index (χ4v) is 4.23. The lowest BCUT2D eigenvalue weighted by Gasteiger charge is -2.33. The second kappa shape index (κ2) is 8.82. The van der Waals surface area contributed by atoms with E-state index < -0.39 is 0 Å². The number of hydrogen-bond acceptors (Lipinski definition) is 4. The van der Waals surface area contributed by atoms with Gasteiger partial charge in [-0.05, 0) is 55.7 Å². The monoisotopic (exact) mass is 397 g/mol. The molecule has 1 N–H and O–H groups in total. The lowest BCUT2D eigenvalue weighted by Crippen LogP contribution is -2.36. The number of fused-ring (bicyclic) bond motifs is 1. The summed E-state index contributed by atoms with van der Waals surface area (Å²) in [5, 5.41) is 2.98. The van der Waals surface area contributed by atoms with Gasteiger partial charge in [0, 0.05) is 55.2 Å². The molecule has 29 heavy (non-hydrogen) atoms. The fourth-order valence-electron chi connectivity index (χ4n) is 4.23. The number of benzene rings is 2. The van der Waals surface area contributed by atoms with Crippen LogP contribution in [0.2, 0.25) is 0 Å². The number of halogens is 1. The Bertz CT molecular complexity index is 863. The number of carbonyl (C=O) groups excluding carboxylic acids is 1. The van der Waals surface area contributed by atoms with Crippen molar-refractivity contribution in [2.75, 3.05) is 54.5 Å². The summed E-state index contributed by atoms with van der Waals surface area (Å²) < 4.78 is 19.5. The molecule has 0 aliphatic carbocycles. The van der Waals surface area contributed by atoms with Gasteiger partial charge in [0.15, 0.2) is 0 Å². The van der Waals surface area contributed by atoms with E-state index in [1.807, 2.05) is 37.3 Å². The van der Waals surface area contributed by atoms with Gasteiger partial charge >= 0.3 is 0 Å². The van der Waals surface area contributed by atoms with Gasteiger partial charge in [0.05, 0.1) is 13.2 Å². The molecule has 0 saturated carbocycles. The molecule has 0 aromatic heterocycles. The third-order valence-corrected chi connectivity index (χ3v) is 5.73. The normalized spacial score (nSPS) is 16.5. The molecular formula is C23H28FN3O2. The minimum Gasteiger partial charge on any atom is -0.378 e. The first-order chi connectivity index (χ1) is 14.1. The highest BCUT2D eigenvalue weighted by Gasteiger charge is 2.22. The molecular weight excluding hydrogens is 369 g/mol. The number of hydrogen-bond donors (Lipinski definition) is 1. The number of amides is 1. The Balaban J connectivity index is 1.34. The van der Waals surface area contributed by atoms with Crippen molar-refractivity contribution < 1.29 is 13.9 Å². The van der Waals surface area contributed by atoms with Crippen molar-refractivity contribution in [1.29, 1.82) is 0 Å². The molecule has 2 aromatic rings. The van der Waals surface area contributed by atoms with Crippen LogP contribution in [0.3, 0.4) is 0 Å². The van der Waals surface area contributed by atoms with Crippen LogP contribution < -0.4 is 15.1 Å². The summed E-state index contributed by atoms with van der Waals surface area (Å²) in [6, 6.07) is 11.3. The van der Waals surface area contributed by atoms with Crippen LogP contribution in [-0.4, -0.2) is 45.3 Å². The van der Waals surface area contributed by atoms with Crippen molar-refractivity contribution in [3.05, 3.63) is 53.3 Å². The molecule has 154 valence electrons. The highest BCUT2D eigenvalue weighted by Crippen LogP contribution is 2.32. The van der Waals surface area contributed by atoms with Gasteiger partial charge in [-0.1, -0.05) is 6.07 Å². The summed E-state index contributed by atoms with van der Waals surface area (Å²) in [6.45, 7) is 6.75. The van der Waals surface area contributed by atoms with E-state index >= 15 is 0 Å². The molecule has 2 aliphatic rings. The highest BCUT2D eigenvalue weighted by molar-refractivity contribution is 5.91. The molecule has 2 aromatic carbocycles. The first kappa shape index (κ1) is 19.7. The standard InChI is InChI=1S/C23H28FN3O2/c1-17-4-9-21(24)20-3-2-11-27(23(17)20)12-10-22(28)25-18-5-7-19(8-6-18)26-13-15-29-16-14-26/h4-9H,2-3,10-16H2,1H3,(H,25,28). The summed E-state index contributed by atoms with van der Waals surface area (Å²) in [4.78, 5) is 16.9. The van der Waals surface area contributed by atoms with Gasteiger partial charge in [0.2, 0.25) is 5.91 Å². The van der Waals surface area contributed by atoms with Gasteiger partial charge in [-0.3, -0.25) is 4.79 Å². The Morgan fingerprint density at radius 3 is 2.62 bits per heavy atom. The van der Waals surface area contributed by atoms with Crippen LogP contribution in [0.5, 0.6) is 0 Å². The molecule has 0 atom stereocenters. The van der Waals surface area contributed by atoms with Crippen molar-refractivity contribution >= 4 is 23.0 Å². The lowest BCUT2D eigenvalue weighted by atomic mass is 9.97. The largest absolute Gasteiger partial charge is 0.378 e. The van der Waals surface area contributed by atoms with Gasteiger partial charge in [-0.25, -0.2) is 4.39 Å². The summed E-state index contributed by atoms with van der Waals surface area (Å²) in [5.74, 6) is -0.162. The molecule has 1 amide bonds. The second-order valence-electron chi connectivity index (χ2n) is 7.73. The summed E-state index contributed by atoms with van der Waals surface area (Å²) in [7, 11) is 0. The maximum atomic E-state index is 14.2. The molecule has 1 fully saturated rings. The average Bonchev–Trinajstić information content (AvgIpc) is 2.76. The predicted molar refractivity (Wildman–Crippen MR) is 114 cm³/mol. The van der Waals surface area contributed by atoms with Gasteiger partial charge in [0.1, 0.15) is 5.82 Å². The zero-order valence-corrected chi connectivity index (χ0v) is 16.9. The Morgan fingerprint density at radius 2 is 1.86 bits per heavy atom. The Labute approximate surface area is 171 Å². The highest BCUT2D eigenvalue weighted by atomic mass is 19.1. The lowest BCUT2D eigenvalue weighted by molar-refractivity contribution is -0.116. The van der Waals surface area contributed by atoms with E-state index in [0.717, 1.165) is 73.9 Å². The third kappa shape index (κ3) is 4.53. The van der Waals surface area contributed by atoms with Crippen LogP contribution >= 0.6 is 0 Å². The number of nitrogens with one attached hydrogen (secondary N) is 1. The number of morpholine rings is 1. The first-order valence-corrected chi connectivity index (χ1v) is 10.4. The van der Waals surface area contributed by atoms with E-state index in [9.17, 15) is 9.18 Å². The van der Waals surface area contributed by atoms with E-state index in [-0.39, 0.29) is 11.7 Å². The maximum Gasteiger partial charge on any atom is 0.226 e. The van der Waals surface area contributed by atoms with Crippen LogP contribution in [-0.2, 0) is 16.0 Å². The Kier molecular flexibility index (Phi) is 6.00. The predicted octanol–water partition coefficient (Wildman–Crippen LogP) is 3.75. The van der Waals surface area contributed by atoms with Crippen molar-refractivity contribution in [2.24, 2.45) is 0 Å². The minimum atomic E-state index is -0.139. The number of ether oxygens (including phenoxy) is 1. The number of anilines is 3. The molecule has 4 rings (SSSR count). The number of carbonyl (C=O) groups is 1. The van der Waals surface area contributed by atoms with Gasteiger partial charge < -0.3 is 19.9 Å². The second-order valence-corrected chi connectivity index (χ2v) is 7.73. The van der Waals surface area contributed by atoms with Crippen LogP contribution in [0.15, 0.2) is 36.4 Å². The van der Waals surface area contributed by atoms with E-state index in [1.165, 1.54) is 0 Å². The first-order valence-electron chi connectivity index (χ1n) is 10.4. The van der Waals surface area contributed by atoms with Gasteiger partial charge in [-0.15, -0.1) is 0 Å². The molecule has 2 heterocycles. The molecule has 0 radical (unpaired) electrons. The van der Waals surface area contributed by atoms with E-state index in [1.54, 1.807) is 6.07 Å². The minimum absolute atomic E-state index is 0.0229. The van der Waals surface area contributed by atoms with Gasteiger partial charge in [0.25, 0.3) is 0 Å². The number of aryl methyl sites for hydroxylation is 1. The summed E-state index contributed by atoms with van der Waals surface area (Å²) >= 11 is 0. The van der Waals surface area contributed by atoms with Crippen LogP contribution in [0.1, 0.15) is 24.0 Å². The average molecular weight is 397 g/mol. The summed E-state index contributed by atoms with van der Waals surface area (Å²) in [6.07, 6.45) is 2.06. The van der Waals surface area contributed by atoms with Crippen LogP contribution in [0, 0.1) is 12.7 Å². The molecule has 0 bridgehead atoms. The smallest absolute Gasteiger partial charge is 0.226 e. The summed E-state index contributed by atoms with van der Waals surface area (Å²) in [5.41, 5.74) is 4.77. The molecule has 0 spiro atoms. The Hall–Kier alpha value is -2.60. The fraction of sp³-hybridized carbons (Fsp3) is 0.435. The van der Waals surface area contributed by atoms with Crippen LogP contribution in [0.4, 0.5) is 21.5 Å². The molecule has 6 heteroatoms. The quantitative estimate of drug-likeness (QED) is 0.835. The van der Waals surface area contributed by atoms with Crippen molar-refractivity contribution in [2.45, 2.75) is 26.2 Å². The number of nitrogens with zero attached hydrogens (tertiary/aromatic N) is 2. The maximum absolute atomic E-state index is 14.2. The van der Waals surface area contributed by atoms with E-state index in [2.05, 4.69) is 15.1 Å². The molecule has 5 nitrogen and oxygen atoms in total. The number of rotatable bonds is 5. The van der Waals surface area contributed by atoms with E-state index in [0.29, 0.717) is 13.0 Å². The zero-order valence-electron chi connectivity index (χ0n) is 16.9. The zero-order chi connectivity index (χ0) is 20.2. The molecule has 2 aliphatic heterocycles. The van der Waals surface area contributed by atoms with E-state index in [4.69, 9.17) is 4.74 Å². The molecule has 1 saturated heterocycles. The van der Waals surface area contributed by atoms with Crippen molar-refractivity contribution in [3.63, 3.8) is 0 Å². The van der Waals surface area contributed by atoms with Crippen molar-refractivity contribution in [1.82, 2.24) is 0 Å². The van der Waals surface area contributed by atoms with Crippen LogP contribution in [0.25, 0.3) is 0 Å². The Morgan fingerprint density at radius 1 is 1.10 bits per heavy atom. The topological polar surface area (TPSA) is 44.8 Å². The van der Waals surface area contributed by atoms with Gasteiger partial charge in [-0.2, -0.15) is 0 Å². The molecule has 0 unspecified atom stereocenters. The van der Waals surface area contributed by atoms with Crippen molar-refractivity contribution in [3.8, 4) is 0 Å². The third-order valence-electron chi connectivity index (χ3n) is 5.73.